The summed E-state index contributed by atoms with van der Waals surface area (Å²) < 4.78 is 12.3. The summed E-state index contributed by atoms with van der Waals surface area (Å²) >= 11 is 0. The van der Waals surface area contributed by atoms with Crippen LogP contribution in [-0.2, 0) is 6.54 Å². The lowest BCUT2D eigenvalue weighted by Crippen LogP contribution is -2.23. The minimum atomic E-state index is -0.208. The minimum Gasteiger partial charge on any atom is -0.497 e. The van der Waals surface area contributed by atoms with Crippen LogP contribution in [0.15, 0.2) is 42.7 Å². The first-order valence-electron chi connectivity index (χ1n) is 7.54. The number of pyridine rings is 1. The van der Waals surface area contributed by atoms with Gasteiger partial charge in [-0.2, -0.15) is 0 Å². The molecule has 6 heteroatoms. The largest absolute Gasteiger partial charge is 0.497 e. The Morgan fingerprint density at radius 2 is 1.88 bits per heavy atom. The van der Waals surface area contributed by atoms with E-state index >= 15 is 0 Å². The third-order valence-electron chi connectivity index (χ3n) is 3.71. The molecular weight excluding hydrogens is 306 g/mol. The number of fused-ring (bicyclic) bond motifs is 1. The average Bonchev–Trinajstić information content (AvgIpc) is 3.01. The zero-order valence-corrected chi connectivity index (χ0v) is 13.9. The number of ether oxygens (including phenoxy) is 2. The number of nitrogens with zero attached hydrogens (tertiary/aromatic N) is 2. The number of hydrogen-bond donors (Lipinski definition) is 1. The van der Waals surface area contributed by atoms with Gasteiger partial charge in [0.25, 0.3) is 5.91 Å². The van der Waals surface area contributed by atoms with Crippen LogP contribution in [0.4, 0.5) is 0 Å². The molecule has 0 radical (unpaired) electrons. The number of hydrogen-bond acceptors (Lipinski definition) is 4. The van der Waals surface area contributed by atoms with Gasteiger partial charge in [0, 0.05) is 24.0 Å². The Bertz CT molecular complexity index is 864. The maximum absolute atomic E-state index is 12.4. The van der Waals surface area contributed by atoms with Crippen LogP contribution in [0.5, 0.6) is 11.5 Å². The van der Waals surface area contributed by atoms with Gasteiger partial charge in [-0.3, -0.25) is 4.79 Å². The third kappa shape index (κ3) is 3.32. The summed E-state index contributed by atoms with van der Waals surface area (Å²) in [6.45, 7) is 2.37. The Morgan fingerprint density at radius 3 is 2.54 bits per heavy atom. The van der Waals surface area contributed by atoms with Crippen LogP contribution in [0.2, 0.25) is 0 Å². The van der Waals surface area contributed by atoms with Gasteiger partial charge < -0.3 is 19.2 Å². The summed E-state index contributed by atoms with van der Waals surface area (Å²) in [5, 5.41) is 2.87. The Morgan fingerprint density at radius 1 is 1.17 bits per heavy atom. The van der Waals surface area contributed by atoms with E-state index in [0.29, 0.717) is 23.6 Å². The topological polar surface area (TPSA) is 64.9 Å². The standard InChI is InChI=1S/C18H19N3O3/c1-12-4-5-21-11-14(20-17(21)6-12)10-19-18(22)13-7-15(23-2)9-16(8-13)24-3/h4-9,11H,10H2,1-3H3,(H,19,22). The summed E-state index contributed by atoms with van der Waals surface area (Å²) in [5.74, 6) is 0.936. The highest BCUT2D eigenvalue weighted by Crippen LogP contribution is 2.22. The van der Waals surface area contributed by atoms with Gasteiger partial charge in [0.1, 0.15) is 17.1 Å². The molecule has 124 valence electrons. The van der Waals surface area contributed by atoms with Gasteiger partial charge in [-0.15, -0.1) is 0 Å². The molecule has 1 amide bonds. The second-order valence-corrected chi connectivity index (χ2v) is 5.49. The van der Waals surface area contributed by atoms with Crippen molar-refractivity contribution in [2.75, 3.05) is 14.2 Å². The number of rotatable bonds is 5. The van der Waals surface area contributed by atoms with E-state index in [1.165, 1.54) is 0 Å². The van der Waals surface area contributed by atoms with Gasteiger partial charge in [-0.25, -0.2) is 4.98 Å². The lowest BCUT2D eigenvalue weighted by atomic mass is 10.2. The van der Waals surface area contributed by atoms with Gasteiger partial charge in [-0.1, -0.05) is 0 Å². The van der Waals surface area contributed by atoms with E-state index < -0.39 is 0 Å². The van der Waals surface area contributed by atoms with Gasteiger partial charge >= 0.3 is 0 Å². The Labute approximate surface area is 140 Å². The molecule has 0 saturated carbocycles. The molecule has 0 saturated heterocycles. The number of carbonyl (C=O) groups excluding carboxylic acids is 1. The first-order chi connectivity index (χ1) is 11.6. The molecule has 0 aliphatic rings. The highest BCUT2D eigenvalue weighted by molar-refractivity contribution is 5.95. The van der Waals surface area contributed by atoms with E-state index in [1.807, 2.05) is 35.9 Å². The van der Waals surface area contributed by atoms with Gasteiger partial charge in [0.15, 0.2) is 0 Å². The molecule has 0 spiro atoms. The number of nitrogens with one attached hydrogen (secondary N) is 1. The Balaban J connectivity index is 1.74. The van der Waals surface area contributed by atoms with Crippen molar-refractivity contribution < 1.29 is 14.3 Å². The fraction of sp³-hybridized carbons (Fsp3) is 0.222. The highest BCUT2D eigenvalue weighted by atomic mass is 16.5. The van der Waals surface area contributed by atoms with Crippen molar-refractivity contribution in [3.63, 3.8) is 0 Å². The summed E-state index contributed by atoms with van der Waals surface area (Å²) in [6, 6.07) is 9.08. The fourth-order valence-corrected chi connectivity index (χ4v) is 2.43. The fourth-order valence-electron chi connectivity index (χ4n) is 2.43. The molecular formula is C18H19N3O3. The predicted octanol–water partition coefficient (Wildman–Crippen LogP) is 2.59. The molecule has 1 aromatic carbocycles. The molecule has 3 rings (SSSR count). The highest BCUT2D eigenvalue weighted by Gasteiger charge is 2.10. The predicted molar refractivity (Wildman–Crippen MR) is 90.6 cm³/mol. The molecule has 0 aliphatic carbocycles. The number of benzene rings is 1. The van der Waals surface area contributed by atoms with Crippen LogP contribution >= 0.6 is 0 Å². The van der Waals surface area contributed by atoms with E-state index in [1.54, 1.807) is 32.4 Å². The van der Waals surface area contributed by atoms with E-state index in [2.05, 4.69) is 10.3 Å². The monoisotopic (exact) mass is 325 g/mol. The second kappa shape index (κ2) is 6.62. The molecule has 0 bridgehead atoms. The quantitative estimate of drug-likeness (QED) is 0.783. The summed E-state index contributed by atoms with van der Waals surface area (Å²) in [5.41, 5.74) is 3.28. The molecule has 2 aromatic heterocycles. The molecule has 0 fully saturated rings. The van der Waals surface area contributed by atoms with Crippen LogP contribution in [0.3, 0.4) is 0 Å². The molecule has 24 heavy (non-hydrogen) atoms. The molecule has 1 N–H and O–H groups in total. The zero-order chi connectivity index (χ0) is 17.1. The number of aryl methyl sites for hydroxylation is 1. The normalized spacial score (nSPS) is 10.6. The molecule has 2 heterocycles. The van der Waals surface area contributed by atoms with Gasteiger partial charge in [-0.05, 0) is 36.8 Å². The number of carbonyl (C=O) groups is 1. The second-order valence-electron chi connectivity index (χ2n) is 5.49. The maximum atomic E-state index is 12.4. The van der Waals surface area contributed by atoms with Crippen LogP contribution in [0.1, 0.15) is 21.6 Å². The van der Waals surface area contributed by atoms with Crippen molar-refractivity contribution in [1.29, 1.82) is 0 Å². The van der Waals surface area contributed by atoms with Crippen LogP contribution in [0, 0.1) is 6.92 Å². The number of methoxy groups -OCH3 is 2. The van der Waals surface area contributed by atoms with Crippen molar-refractivity contribution >= 4 is 11.6 Å². The molecule has 0 unspecified atom stereocenters. The summed E-state index contributed by atoms with van der Waals surface area (Å²) in [4.78, 5) is 16.9. The number of imidazole rings is 1. The Kier molecular flexibility index (Phi) is 4.37. The smallest absolute Gasteiger partial charge is 0.251 e. The molecule has 6 nitrogen and oxygen atoms in total. The van der Waals surface area contributed by atoms with Crippen LogP contribution in [-0.4, -0.2) is 29.5 Å². The SMILES string of the molecule is COc1cc(OC)cc(C(=O)NCc2cn3ccc(C)cc3n2)c1. The van der Waals surface area contributed by atoms with Crippen LogP contribution < -0.4 is 14.8 Å². The van der Waals surface area contributed by atoms with Gasteiger partial charge in [0.05, 0.1) is 26.5 Å². The Hall–Kier alpha value is -3.02. The molecule has 0 atom stereocenters. The van der Waals surface area contributed by atoms with Gasteiger partial charge in [0.2, 0.25) is 0 Å². The molecule has 0 aliphatic heterocycles. The van der Waals surface area contributed by atoms with Crippen molar-refractivity contribution in [2.24, 2.45) is 0 Å². The van der Waals surface area contributed by atoms with Crippen molar-refractivity contribution in [3.8, 4) is 11.5 Å². The van der Waals surface area contributed by atoms with E-state index in [-0.39, 0.29) is 5.91 Å². The van der Waals surface area contributed by atoms with Crippen molar-refractivity contribution in [1.82, 2.24) is 14.7 Å². The lowest BCUT2D eigenvalue weighted by Gasteiger charge is -2.08. The molecule has 3 aromatic rings. The first kappa shape index (κ1) is 15.9. The minimum absolute atomic E-state index is 0.208. The van der Waals surface area contributed by atoms with E-state index in [9.17, 15) is 4.79 Å². The van der Waals surface area contributed by atoms with Crippen molar-refractivity contribution in [3.05, 3.63) is 59.5 Å². The third-order valence-corrected chi connectivity index (χ3v) is 3.71. The first-order valence-corrected chi connectivity index (χ1v) is 7.54. The number of aromatic nitrogens is 2. The number of amides is 1. The summed E-state index contributed by atoms with van der Waals surface area (Å²) in [7, 11) is 3.10. The summed E-state index contributed by atoms with van der Waals surface area (Å²) in [6.07, 6.45) is 3.86. The zero-order valence-electron chi connectivity index (χ0n) is 13.9. The van der Waals surface area contributed by atoms with Crippen LogP contribution in [0.25, 0.3) is 5.65 Å². The van der Waals surface area contributed by atoms with E-state index in [4.69, 9.17) is 9.47 Å². The van der Waals surface area contributed by atoms with Crippen molar-refractivity contribution in [2.45, 2.75) is 13.5 Å². The maximum Gasteiger partial charge on any atom is 0.251 e. The lowest BCUT2D eigenvalue weighted by molar-refractivity contribution is 0.0949. The van der Waals surface area contributed by atoms with E-state index in [0.717, 1.165) is 16.9 Å². The average molecular weight is 325 g/mol.